The van der Waals surface area contributed by atoms with E-state index in [0.29, 0.717) is 19.3 Å². The van der Waals surface area contributed by atoms with Crippen LogP contribution in [0.5, 0.6) is 0 Å². The van der Waals surface area contributed by atoms with Gasteiger partial charge in [0.25, 0.3) is 0 Å². The summed E-state index contributed by atoms with van der Waals surface area (Å²) in [7, 11) is 1.48. The van der Waals surface area contributed by atoms with Gasteiger partial charge >= 0.3 is 11.9 Å². The predicted molar refractivity (Wildman–Crippen MR) is 103 cm³/mol. The third-order valence-corrected chi connectivity index (χ3v) is 10.8. The highest BCUT2D eigenvalue weighted by molar-refractivity contribution is 5.93. The number of methoxy groups -OCH3 is 1. The quantitative estimate of drug-likeness (QED) is 0.487. The molecule has 6 heteroatoms. The van der Waals surface area contributed by atoms with Crippen LogP contribution in [0.4, 0.5) is 0 Å². The molecule has 0 aromatic rings. The molecule has 3 spiro atoms. The number of epoxide rings is 1. The third-order valence-electron chi connectivity index (χ3n) is 10.8. The van der Waals surface area contributed by atoms with E-state index in [0.717, 1.165) is 44.1 Å². The van der Waals surface area contributed by atoms with Crippen molar-refractivity contribution in [3.63, 3.8) is 0 Å². The summed E-state index contributed by atoms with van der Waals surface area (Å²) in [4.78, 5) is 37.8. The first-order valence-electron chi connectivity index (χ1n) is 11.5. The fourth-order valence-corrected chi connectivity index (χ4v) is 9.81. The van der Waals surface area contributed by atoms with Crippen molar-refractivity contribution in [2.24, 2.45) is 28.1 Å². The lowest BCUT2D eigenvalue weighted by Gasteiger charge is -2.54. The Morgan fingerprint density at radius 2 is 2.03 bits per heavy atom. The highest BCUT2D eigenvalue weighted by Crippen LogP contribution is 2.87. The molecule has 4 saturated carbocycles. The molecule has 0 amide bonds. The summed E-state index contributed by atoms with van der Waals surface area (Å²) in [5.41, 5.74) is -0.624. The molecule has 160 valence electrons. The number of carbonyl (C=O) groups is 3. The lowest BCUT2D eigenvalue weighted by atomic mass is 9.47. The van der Waals surface area contributed by atoms with E-state index in [1.165, 1.54) is 7.11 Å². The summed E-state index contributed by atoms with van der Waals surface area (Å²) in [6.07, 6.45) is 8.56. The lowest BCUT2D eigenvalue weighted by molar-refractivity contribution is -0.171. The van der Waals surface area contributed by atoms with Crippen LogP contribution in [0.1, 0.15) is 64.7 Å². The maximum atomic E-state index is 13.4. The minimum Gasteiger partial charge on any atom is -0.469 e. The van der Waals surface area contributed by atoms with Crippen molar-refractivity contribution in [2.75, 3.05) is 7.11 Å². The van der Waals surface area contributed by atoms with Gasteiger partial charge in [-0.15, -0.1) is 0 Å². The Labute approximate surface area is 175 Å². The molecule has 7 aliphatic rings. The summed E-state index contributed by atoms with van der Waals surface area (Å²) in [6.45, 7) is 2.28. The van der Waals surface area contributed by atoms with Crippen LogP contribution < -0.4 is 0 Å². The molecule has 6 nitrogen and oxygen atoms in total. The summed E-state index contributed by atoms with van der Waals surface area (Å²) in [5, 5.41) is 0. The second-order valence-electron chi connectivity index (χ2n) is 11.3. The first kappa shape index (κ1) is 17.9. The zero-order chi connectivity index (χ0) is 20.7. The van der Waals surface area contributed by atoms with E-state index >= 15 is 0 Å². The SMILES string of the molecule is COC(=O)C12CC3=CC(=O)CCC3(C1)C13OC1CC1(C)C(CCC14CCC(=O)O4)C23. The van der Waals surface area contributed by atoms with E-state index in [4.69, 9.17) is 14.2 Å². The Morgan fingerprint density at radius 1 is 1.20 bits per heavy atom. The number of fused-ring (bicyclic) bond motifs is 5. The van der Waals surface area contributed by atoms with E-state index in [1.807, 2.05) is 6.08 Å². The van der Waals surface area contributed by atoms with E-state index in [2.05, 4.69) is 6.92 Å². The van der Waals surface area contributed by atoms with Gasteiger partial charge in [-0.05, 0) is 56.9 Å². The zero-order valence-electron chi connectivity index (χ0n) is 17.6. The molecule has 6 fully saturated rings. The van der Waals surface area contributed by atoms with Crippen LogP contribution >= 0.6 is 0 Å². The van der Waals surface area contributed by atoms with Crippen molar-refractivity contribution < 1.29 is 28.6 Å². The van der Waals surface area contributed by atoms with Crippen molar-refractivity contribution in [2.45, 2.75) is 82.0 Å². The molecule has 0 aromatic heterocycles. The van der Waals surface area contributed by atoms with Crippen LogP contribution in [-0.2, 0) is 28.6 Å². The first-order valence-corrected chi connectivity index (χ1v) is 11.5. The summed E-state index contributed by atoms with van der Waals surface area (Å²) in [5.74, 6) is 0.279. The molecule has 7 rings (SSSR count). The van der Waals surface area contributed by atoms with E-state index in [9.17, 15) is 14.4 Å². The first-order chi connectivity index (χ1) is 14.3. The average Bonchev–Trinajstić information content (AvgIpc) is 2.97. The van der Waals surface area contributed by atoms with Crippen LogP contribution in [0.25, 0.3) is 0 Å². The number of hydrogen-bond donors (Lipinski definition) is 0. The monoisotopic (exact) mass is 412 g/mol. The minimum atomic E-state index is -0.625. The maximum absolute atomic E-state index is 13.4. The van der Waals surface area contributed by atoms with Crippen LogP contribution in [0.2, 0.25) is 0 Å². The number of hydrogen-bond acceptors (Lipinski definition) is 6. The molecule has 2 aliphatic heterocycles. The molecular weight excluding hydrogens is 384 g/mol. The molecule has 8 unspecified atom stereocenters. The summed E-state index contributed by atoms with van der Waals surface area (Å²) in [6, 6.07) is 0. The molecule has 0 radical (unpaired) electrons. The second kappa shape index (κ2) is 4.87. The number of ketones is 1. The van der Waals surface area contributed by atoms with Crippen molar-refractivity contribution >= 4 is 17.7 Å². The standard InChI is InChI=1S/C24H28O6/c1-20-11-16-24(29-16)18(15(20)4-7-23(20)8-5-17(26)30-23)21(19(27)28-2)10-13-9-14(25)3-6-22(13,24)12-21/h9,15-16,18H,3-8,10-12H2,1-2H3. The third kappa shape index (κ3) is 1.55. The van der Waals surface area contributed by atoms with Crippen molar-refractivity contribution in [3.8, 4) is 0 Å². The summed E-state index contributed by atoms with van der Waals surface area (Å²) >= 11 is 0. The Bertz CT molecular complexity index is 969. The fraction of sp³-hybridized carbons (Fsp3) is 0.792. The van der Waals surface area contributed by atoms with Gasteiger partial charge in [0.15, 0.2) is 5.78 Å². The minimum absolute atomic E-state index is 0.0708. The molecule has 2 saturated heterocycles. The van der Waals surface area contributed by atoms with Crippen molar-refractivity contribution in [3.05, 3.63) is 11.6 Å². The van der Waals surface area contributed by atoms with Gasteiger partial charge in [-0.1, -0.05) is 12.5 Å². The second-order valence-corrected chi connectivity index (χ2v) is 11.3. The largest absolute Gasteiger partial charge is 0.469 e. The van der Waals surface area contributed by atoms with Gasteiger partial charge in [0.05, 0.1) is 18.6 Å². The normalized spacial score (nSPS) is 56.7. The Morgan fingerprint density at radius 3 is 2.77 bits per heavy atom. The zero-order valence-corrected chi connectivity index (χ0v) is 17.6. The molecule has 0 N–H and O–H groups in total. The van der Waals surface area contributed by atoms with Gasteiger partial charge in [-0.2, -0.15) is 0 Å². The molecule has 8 atom stereocenters. The number of carbonyl (C=O) groups excluding carboxylic acids is 3. The molecule has 2 heterocycles. The highest BCUT2D eigenvalue weighted by atomic mass is 16.6. The topological polar surface area (TPSA) is 82.2 Å². The molecule has 0 aromatic carbocycles. The van der Waals surface area contributed by atoms with Crippen molar-refractivity contribution in [1.29, 1.82) is 0 Å². The van der Waals surface area contributed by atoms with Crippen LogP contribution in [0.15, 0.2) is 11.6 Å². The molecule has 30 heavy (non-hydrogen) atoms. The van der Waals surface area contributed by atoms with Gasteiger partial charge in [-0.3, -0.25) is 14.4 Å². The van der Waals surface area contributed by atoms with E-state index in [1.54, 1.807) is 0 Å². The van der Waals surface area contributed by atoms with Gasteiger partial charge < -0.3 is 14.2 Å². The lowest BCUT2D eigenvalue weighted by Crippen LogP contribution is -2.60. The Kier molecular flexibility index (Phi) is 2.91. The van der Waals surface area contributed by atoms with Gasteiger partial charge in [-0.25, -0.2) is 0 Å². The van der Waals surface area contributed by atoms with Crippen molar-refractivity contribution in [1.82, 2.24) is 0 Å². The fourth-order valence-electron chi connectivity index (χ4n) is 9.81. The molecular formula is C24H28O6. The maximum Gasteiger partial charge on any atom is 0.312 e. The van der Waals surface area contributed by atoms with Crippen LogP contribution in [0.3, 0.4) is 0 Å². The van der Waals surface area contributed by atoms with E-state index in [-0.39, 0.29) is 52.1 Å². The van der Waals surface area contributed by atoms with E-state index < -0.39 is 11.0 Å². The number of esters is 2. The van der Waals surface area contributed by atoms with Crippen LogP contribution in [-0.4, -0.2) is 42.1 Å². The Balaban J connectivity index is 1.41. The van der Waals surface area contributed by atoms with Crippen LogP contribution in [0, 0.1) is 28.1 Å². The van der Waals surface area contributed by atoms with Gasteiger partial charge in [0.2, 0.25) is 0 Å². The van der Waals surface area contributed by atoms with Gasteiger partial charge in [0, 0.05) is 29.6 Å². The number of rotatable bonds is 1. The number of ether oxygens (including phenoxy) is 3. The molecule has 2 bridgehead atoms. The Hall–Kier alpha value is -1.69. The smallest absolute Gasteiger partial charge is 0.312 e. The van der Waals surface area contributed by atoms with Gasteiger partial charge in [0.1, 0.15) is 11.2 Å². The average molecular weight is 412 g/mol. The molecule has 5 aliphatic carbocycles. The predicted octanol–water partition coefficient (Wildman–Crippen LogP) is 2.88. The summed E-state index contributed by atoms with van der Waals surface area (Å²) < 4.78 is 18.1. The highest BCUT2D eigenvalue weighted by Gasteiger charge is 2.91.